The Bertz CT molecular complexity index is 641. The molecular formula is C15H21BrN2O2S. The van der Waals surface area contributed by atoms with Gasteiger partial charge in [-0.05, 0) is 53.5 Å². The van der Waals surface area contributed by atoms with Crippen molar-refractivity contribution in [3.8, 4) is 0 Å². The highest BCUT2D eigenvalue weighted by molar-refractivity contribution is 9.10. The van der Waals surface area contributed by atoms with Gasteiger partial charge in [0.05, 0.1) is 4.90 Å². The molecule has 1 aromatic carbocycles. The molecule has 1 N–H and O–H groups in total. The van der Waals surface area contributed by atoms with Gasteiger partial charge in [0, 0.05) is 24.1 Å². The zero-order valence-corrected chi connectivity index (χ0v) is 14.8. The van der Waals surface area contributed by atoms with Gasteiger partial charge in [0.25, 0.3) is 0 Å². The molecule has 0 atom stereocenters. The van der Waals surface area contributed by atoms with Crippen LogP contribution in [0.3, 0.4) is 0 Å². The Morgan fingerprint density at radius 2 is 2.14 bits per heavy atom. The van der Waals surface area contributed by atoms with Crippen LogP contribution >= 0.6 is 15.9 Å². The van der Waals surface area contributed by atoms with Crippen LogP contribution in [0.15, 0.2) is 39.2 Å². The Kier molecular flexibility index (Phi) is 5.60. The van der Waals surface area contributed by atoms with Gasteiger partial charge >= 0.3 is 0 Å². The van der Waals surface area contributed by atoms with Crippen LogP contribution in [-0.2, 0) is 16.6 Å². The van der Waals surface area contributed by atoms with Gasteiger partial charge in [-0.25, -0.2) is 8.42 Å². The Morgan fingerprint density at radius 1 is 1.38 bits per heavy atom. The first-order chi connectivity index (χ1) is 9.95. The van der Waals surface area contributed by atoms with Crippen molar-refractivity contribution in [2.24, 2.45) is 0 Å². The van der Waals surface area contributed by atoms with Gasteiger partial charge in [0.15, 0.2) is 0 Å². The van der Waals surface area contributed by atoms with E-state index in [2.05, 4.69) is 27.3 Å². The van der Waals surface area contributed by atoms with Crippen molar-refractivity contribution in [1.29, 1.82) is 0 Å². The summed E-state index contributed by atoms with van der Waals surface area (Å²) in [4.78, 5) is 0.345. The Labute approximate surface area is 135 Å². The molecule has 116 valence electrons. The van der Waals surface area contributed by atoms with Gasteiger partial charge in [0.2, 0.25) is 10.0 Å². The van der Waals surface area contributed by atoms with E-state index >= 15 is 0 Å². The molecule has 0 spiro atoms. The molecule has 0 amide bonds. The number of nitrogens with one attached hydrogen (secondary N) is 1. The van der Waals surface area contributed by atoms with Crippen LogP contribution < -0.4 is 5.32 Å². The smallest absolute Gasteiger partial charge is 0.244 e. The molecule has 2 rings (SSSR count). The van der Waals surface area contributed by atoms with E-state index in [0.29, 0.717) is 22.5 Å². The van der Waals surface area contributed by atoms with E-state index in [-0.39, 0.29) is 0 Å². The Morgan fingerprint density at radius 3 is 2.76 bits per heavy atom. The highest BCUT2D eigenvalue weighted by atomic mass is 79.9. The number of halogens is 1. The van der Waals surface area contributed by atoms with Crippen LogP contribution in [-0.4, -0.2) is 32.4 Å². The fraction of sp³-hybridized carbons (Fsp3) is 0.467. The molecule has 21 heavy (non-hydrogen) atoms. The van der Waals surface area contributed by atoms with E-state index < -0.39 is 10.0 Å². The van der Waals surface area contributed by atoms with Crippen LogP contribution in [0.2, 0.25) is 0 Å². The summed E-state index contributed by atoms with van der Waals surface area (Å²) in [6, 6.07) is 5.44. The van der Waals surface area contributed by atoms with Gasteiger partial charge < -0.3 is 5.32 Å². The van der Waals surface area contributed by atoms with E-state index in [1.54, 1.807) is 10.4 Å². The predicted octanol–water partition coefficient (Wildman–Crippen LogP) is 2.90. The SMILES string of the molecule is CCNCc1ccc(S(=O)(=O)N2CCC=C(C)C2)c(Br)c1. The predicted molar refractivity (Wildman–Crippen MR) is 88.7 cm³/mol. The molecule has 1 aliphatic heterocycles. The lowest BCUT2D eigenvalue weighted by atomic mass is 10.2. The second kappa shape index (κ2) is 7.05. The molecule has 0 bridgehead atoms. The average molecular weight is 373 g/mol. The maximum Gasteiger partial charge on any atom is 0.244 e. The zero-order chi connectivity index (χ0) is 15.5. The maximum atomic E-state index is 12.7. The maximum absolute atomic E-state index is 12.7. The van der Waals surface area contributed by atoms with Gasteiger partial charge in [-0.15, -0.1) is 0 Å². The lowest BCUT2D eigenvalue weighted by Gasteiger charge is -2.26. The van der Waals surface area contributed by atoms with Gasteiger partial charge in [0.1, 0.15) is 0 Å². The molecule has 1 aliphatic rings. The molecule has 0 aliphatic carbocycles. The third-order valence-corrected chi connectivity index (χ3v) is 6.31. The molecule has 0 radical (unpaired) electrons. The van der Waals surface area contributed by atoms with E-state index in [1.807, 2.05) is 26.0 Å². The average Bonchev–Trinajstić information content (AvgIpc) is 2.45. The zero-order valence-electron chi connectivity index (χ0n) is 12.4. The Hall–Kier alpha value is -0.690. The second-order valence-corrected chi connectivity index (χ2v) is 7.98. The van der Waals surface area contributed by atoms with E-state index in [1.165, 1.54) is 0 Å². The summed E-state index contributed by atoms with van der Waals surface area (Å²) in [5.41, 5.74) is 2.17. The van der Waals surface area contributed by atoms with Crippen LogP contribution in [0.5, 0.6) is 0 Å². The fourth-order valence-electron chi connectivity index (χ4n) is 2.35. The van der Waals surface area contributed by atoms with Gasteiger partial charge in [-0.3, -0.25) is 0 Å². The van der Waals surface area contributed by atoms with Gasteiger partial charge in [-0.1, -0.05) is 24.6 Å². The van der Waals surface area contributed by atoms with Crippen molar-refractivity contribution in [2.45, 2.75) is 31.7 Å². The quantitative estimate of drug-likeness (QED) is 0.808. The monoisotopic (exact) mass is 372 g/mol. The fourth-order valence-corrected chi connectivity index (χ4v) is 4.94. The Balaban J connectivity index is 2.26. The summed E-state index contributed by atoms with van der Waals surface area (Å²) < 4.78 is 27.6. The first-order valence-electron chi connectivity index (χ1n) is 7.10. The highest BCUT2D eigenvalue weighted by Crippen LogP contribution is 2.28. The normalized spacial score (nSPS) is 16.8. The molecule has 1 heterocycles. The molecule has 0 fully saturated rings. The molecule has 0 saturated heterocycles. The summed E-state index contributed by atoms with van der Waals surface area (Å²) in [5, 5.41) is 3.23. The topological polar surface area (TPSA) is 49.4 Å². The standard InChI is InChI=1S/C15H21BrN2O2S/c1-3-17-10-13-6-7-15(14(16)9-13)21(19,20)18-8-4-5-12(2)11-18/h5-7,9,17H,3-4,8,10-11H2,1-2H3. The summed E-state index contributed by atoms with van der Waals surface area (Å²) in [5.74, 6) is 0. The van der Waals surface area contributed by atoms with Crippen molar-refractivity contribution >= 4 is 26.0 Å². The lowest BCUT2D eigenvalue weighted by Crippen LogP contribution is -2.35. The summed E-state index contributed by atoms with van der Waals surface area (Å²) in [6.45, 7) is 6.66. The van der Waals surface area contributed by atoms with E-state index in [4.69, 9.17) is 0 Å². The number of hydrogen-bond acceptors (Lipinski definition) is 3. The van der Waals surface area contributed by atoms with Crippen molar-refractivity contribution in [3.63, 3.8) is 0 Å². The minimum absolute atomic E-state index is 0.345. The van der Waals surface area contributed by atoms with Crippen molar-refractivity contribution in [2.75, 3.05) is 19.6 Å². The van der Waals surface area contributed by atoms with Crippen LogP contribution in [0.25, 0.3) is 0 Å². The summed E-state index contributed by atoms with van der Waals surface area (Å²) in [6.07, 6.45) is 2.88. The third-order valence-electron chi connectivity index (χ3n) is 3.49. The molecule has 0 unspecified atom stereocenters. The third kappa shape index (κ3) is 3.94. The van der Waals surface area contributed by atoms with Crippen molar-refractivity contribution in [3.05, 3.63) is 39.9 Å². The highest BCUT2D eigenvalue weighted by Gasteiger charge is 2.27. The molecule has 0 saturated carbocycles. The first-order valence-corrected chi connectivity index (χ1v) is 9.33. The lowest BCUT2D eigenvalue weighted by molar-refractivity contribution is 0.427. The summed E-state index contributed by atoms with van der Waals surface area (Å²) in [7, 11) is -3.44. The number of benzene rings is 1. The largest absolute Gasteiger partial charge is 0.313 e. The summed E-state index contributed by atoms with van der Waals surface area (Å²) >= 11 is 3.41. The minimum Gasteiger partial charge on any atom is -0.313 e. The van der Waals surface area contributed by atoms with Crippen molar-refractivity contribution in [1.82, 2.24) is 9.62 Å². The molecular weight excluding hydrogens is 352 g/mol. The van der Waals surface area contributed by atoms with Crippen LogP contribution in [0.4, 0.5) is 0 Å². The number of rotatable bonds is 5. The molecule has 0 aromatic heterocycles. The number of sulfonamides is 1. The first kappa shape index (κ1) is 16.7. The minimum atomic E-state index is -3.44. The molecule has 1 aromatic rings. The number of hydrogen-bond donors (Lipinski definition) is 1. The molecule has 4 nitrogen and oxygen atoms in total. The van der Waals surface area contributed by atoms with Crippen LogP contribution in [0.1, 0.15) is 25.8 Å². The molecule has 6 heteroatoms. The van der Waals surface area contributed by atoms with E-state index in [0.717, 1.165) is 30.6 Å². The number of nitrogens with zero attached hydrogens (tertiary/aromatic N) is 1. The second-order valence-electron chi connectivity index (χ2n) is 5.22. The van der Waals surface area contributed by atoms with Crippen molar-refractivity contribution < 1.29 is 8.42 Å². The van der Waals surface area contributed by atoms with Crippen LogP contribution in [0, 0.1) is 0 Å². The van der Waals surface area contributed by atoms with E-state index in [9.17, 15) is 8.42 Å². The van der Waals surface area contributed by atoms with Gasteiger partial charge in [-0.2, -0.15) is 4.31 Å².